The zero-order valence-corrected chi connectivity index (χ0v) is 12.5. The predicted molar refractivity (Wildman–Crippen MR) is 78.6 cm³/mol. The van der Waals surface area contributed by atoms with Crippen LogP contribution in [0.1, 0.15) is 31.9 Å². The Balaban J connectivity index is 3.73. The minimum Gasteiger partial charge on any atom is -0.380 e. The second-order valence-corrected chi connectivity index (χ2v) is 4.86. The molecule has 0 unspecified atom stereocenters. The van der Waals surface area contributed by atoms with E-state index in [2.05, 4.69) is 5.32 Å². The van der Waals surface area contributed by atoms with Gasteiger partial charge in [0, 0.05) is 19.2 Å². The van der Waals surface area contributed by atoms with Crippen molar-refractivity contribution in [3.63, 3.8) is 0 Å². The molecule has 0 aromatic heterocycles. The lowest BCUT2D eigenvalue weighted by atomic mass is 10.00. The van der Waals surface area contributed by atoms with Gasteiger partial charge in [0.2, 0.25) is 0 Å². The predicted octanol–water partition coefficient (Wildman–Crippen LogP) is 3.03. The first kappa shape index (κ1) is 16.8. The number of hydrogen-bond acceptors (Lipinski definition) is 6. The van der Waals surface area contributed by atoms with Gasteiger partial charge in [0.1, 0.15) is 0 Å². The van der Waals surface area contributed by atoms with Gasteiger partial charge in [-0.25, -0.2) is 0 Å². The van der Waals surface area contributed by atoms with Crippen molar-refractivity contribution in [1.82, 2.24) is 0 Å². The summed E-state index contributed by atoms with van der Waals surface area (Å²) in [5, 5.41) is 25.5. The van der Waals surface area contributed by atoms with Gasteiger partial charge < -0.3 is 10.1 Å². The summed E-state index contributed by atoms with van der Waals surface area (Å²) >= 11 is 0. The third-order valence-corrected chi connectivity index (χ3v) is 2.96. The van der Waals surface area contributed by atoms with Crippen LogP contribution in [-0.4, -0.2) is 23.0 Å². The topological polar surface area (TPSA) is 108 Å². The summed E-state index contributed by atoms with van der Waals surface area (Å²) in [7, 11) is 1.43. The van der Waals surface area contributed by atoms with E-state index in [0.717, 1.165) is 0 Å². The van der Waals surface area contributed by atoms with Crippen LogP contribution in [-0.2, 0) is 17.8 Å². The number of nitrogens with one attached hydrogen (secondary N) is 1. The standard InChI is InChI=1S/C13H19N3O5/c1-5-9-6-11(15(17)18)12(14-8(2)3)13(16(19)20)10(9)7-21-4/h6,8,14H,5,7H2,1-4H3. The van der Waals surface area contributed by atoms with Crippen LogP contribution >= 0.6 is 0 Å². The van der Waals surface area contributed by atoms with E-state index in [1.165, 1.54) is 13.2 Å². The molecule has 0 aliphatic carbocycles. The number of anilines is 1. The highest BCUT2D eigenvalue weighted by Crippen LogP contribution is 2.40. The third-order valence-electron chi connectivity index (χ3n) is 2.96. The number of methoxy groups -OCH3 is 1. The Labute approximate surface area is 122 Å². The van der Waals surface area contributed by atoms with Crippen molar-refractivity contribution in [1.29, 1.82) is 0 Å². The van der Waals surface area contributed by atoms with E-state index in [-0.39, 0.29) is 29.7 Å². The molecule has 0 heterocycles. The maximum atomic E-state index is 11.4. The van der Waals surface area contributed by atoms with Crippen LogP contribution in [0.15, 0.2) is 6.07 Å². The van der Waals surface area contributed by atoms with E-state index in [1.54, 1.807) is 20.8 Å². The van der Waals surface area contributed by atoms with Crippen molar-refractivity contribution in [2.24, 2.45) is 0 Å². The summed E-state index contributed by atoms with van der Waals surface area (Å²) < 4.78 is 5.02. The molecule has 1 rings (SSSR count). The van der Waals surface area contributed by atoms with Gasteiger partial charge in [-0.15, -0.1) is 0 Å². The van der Waals surface area contributed by atoms with Crippen molar-refractivity contribution in [3.05, 3.63) is 37.4 Å². The number of nitro benzene ring substituents is 2. The number of nitro groups is 2. The second kappa shape index (κ2) is 6.98. The maximum Gasteiger partial charge on any atom is 0.305 e. The molecule has 116 valence electrons. The zero-order valence-electron chi connectivity index (χ0n) is 12.5. The Morgan fingerprint density at radius 2 is 1.90 bits per heavy atom. The van der Waals surface area contributed by atoms with Crippen LogP contribution in [0.25, 0.3) is 0 Å². The first-order chi connectivity index (χ1) is 9.83. The number of rotatable bonds is 7. The summed E-state index contributed by atoms with van der Waals surface area (Å²) in [5.41, 5.74) is 0.288. The summed E-state index contributed by atoms with van der Waals surface area (Å²) in [6.45, 7) is 5.34. The van der Waals surface area contributed by atoms with E-state index < -0.39 is 9.85 Å². The fraction of sp³-hybridized carbons (Fsp3) is 0.538. The fourth-order valence-electron chi connectivity index (χ4n) is 2.15. The molecule has 8 nitrogen and oxygen atoms in total. The Kier molecular flexibility index (Phi) is 5.60. The van der Waals surface area contributed by atoms with E-state index in [4.69, 9.17) is 4.74 Å². The molecule has 1 aromatic rings. The summed E-state index contributed by atoms with van der Waals surface area (Å²) in [6.07, 6.45) is 0.447. The molecule has 0 spiro atoms. The molecule has 0 fully saturated rings. The molecule has 0 aliphatic rings. The van der Waals surface area contributed by atoms with Crippen LogP contribution in [0.2, 0.25) is 0 Å². The molecule has 0 aliphatic heterocycles. The third kappa shape index (κ3) is 3.66. The lowest BCUT2D eigenvalue weighted by molar-refractivity contribution is -0.393. The normalized spacial score (nSPS) is 10.7. The molecule has 0 radical (unpaired) electrons. The van der Waals surface area contributed by atoms with Gasteiger partial charge in [-0.3, -0.25) is 20.2 Å². The van der Waals surface area contributed by atoms with Gasteiger partial charge in [0.25, 0.3) is 5.69 Å². The average molecular weight is 297 g/mol. The van der Waals surface area contributed by atoms with E-state index in [1.807, 2.05) is 0 Å². The number of benzene rings is 1. The van der Waals surface area contributed by atoms with Gasteiger partial charge in [0.15, 0.2) is 5.69 Å². The molecule has 0 atom stereocenters. The van der Waals surface area contributed by atoms with Gasteiger partial charge in [-0.05, 0) is 25.8 Å². The summed E-state index contributed by atoms with van der Waals surface area (Å²) in [6, 6.07) is 1.21. The molecular formula is C13H19N3O5. The summed E-state index contributed by atoms with van der Waals surface area (Å²) in [5.74, 6) is 0. The van der Waals surface area contributed by atoms with Crippen LogP contribution in [0.4, 0.5) is 17.1 Å². The second-order valence-electron chi connectivity index (χ2n) is 4.86. The van der Waals surface area contributed by atoms with Crippen molar-refractivity contribution < 1.29 is 14.6 Å². The highest BCUT2D eigenvalue weighted by atomic mass is 16.6. The SMILES string of the molecule is CCc1cc([N+](=O)[O-])c(NC(C)C)c([N+](=O)[O-])c1COC. The number of nitrogens with zero attached hydrogens (tertiary/aromatic N) is 2. The highest BCUT2D eigenvalue weighted by molar-refractivity contribution is 5.78. The first-order valence-electron chi connectivity index (χ1n) is 6.56. The first-order valence-corrected chi connectivity index (χ1v) is 6.56. The van der Waals surface area contributed by atoms with E-state index in [9.17, 15) is 20.2 Å². The zero-order chi connectivity index (χ0) is 16.2. The van der Waals surface area contributed by atoms with Crippen molar-refractivity contribution in [2.75, 3.05) is 12.4 Å². The molecule has 0 bridgehead atoms. The van der Waals surface area contributed by atoms with Gasteiger partial charge in [0.05, 0.1) is 22.0 Å². The average Bonchev–Trinajstić information content (AvgIpc) is 2.37. The van der Waals surface area contributed by atoms with Gasteiger partial charge in [-0.1, -0.05) is 6.92 Å². The monoisotopic (exact) mass is 297 g/mol. The van der Waals surface area contributed by atoms with Crippen molar-refractivity contribution in [2.45, 2.75) is 39.8 Å². The highest BCUT2D eigenvalue weighted by Gasteiger charge is 2.31. The Hall–Kier alpha value is -2.22. The Morgan fingerprint density at radius 3 is 2.29 bits per heavy atom. The minimum absolute atomic E-state index is 0.0320. The smallest absolute Gasteiger partial charge is 0.305 e. The lowest BCUT2D eigenvalue weighted by Gasteiger charge is -2.15. The molecule has 1 N–H and O–H groups in total. The van der Waals surface area contributed by atoms with Crippen molar-refractivity contribution >= 4 is 17.1 Å². The van der Waals surface area contributed by atoms with Gasteiger partial charge in [-0.2, -0.15) is 0 Å². The van der Waals surface area contributed by atoms with E-state index >= 15 is 0 Å². The van der Waals surface area contributed by atoms with Crippen LogP contribution < -0.4 is 5.32 Å². The quantitative estimate of drug-likeness (QED) is 0.612. The van der Waals surface area contributed by atoms with Crippen LogP contribution in [0, 0.1) is 20.2 Å². The lowest BCUT2D eigenvalue weighted by Crippen LogP contribution is -2.15. The fourth-order valence-corrected chi connectivity index (χ4v) is 2.15. The van der Waals surface area contributed by atoms with Crippen LogP contribution in [0.5, 0.6) is 0 Å². The Bertz CT molecular complexity index is 557. The largest absolute Gasteiger partial charge is 0.380 e. The molecular weight excluding hydrogens is 278 g/mol. The molecule has 1 aromatic carbocycles. The van der Waals surface area contributed by atoms with E-state index in [0.29, 0.717) is 17.5 Å². The molecule has 0 saturated carbocycles. The number of ether oxygens (including phenoxy) is 1. The Morgan fingerprint density at radius 1 is 1.29 bits per heavy atom. The number of hydrogen-bond donors (Lipinski definition) is 1. The minimum atomic E-state index is -0.604. The molecule has 8 heteroatoms. The number of aryl methyl sites for hydroxylation is 1. The summed E-state index contributed by atoms with van der Waals surface area (Å²) in [4.78, 5) is 21.5. The van der Waals surface area contributed by atoms with Crippen LogP contribution in [0.3, 0.4) is 0 Å². The molecule has 21 heavy (non-hydrogen) atoms. The molecule has 0 amide bonds. The van der Waals surface area contributed by atoms with Crippen molar-refractivity contribution in [3.8, 4) is 0 Å². The van der Waals surface area contributed by atoms with Gasteiger partial charge >= 0.3 is 5.69 Å². The maximum absolute atomic E-state index is 11.4. The molecule has 0 saturated heterocycles.